The molecule has 1 aromatic heterocycles. The van der Waals surface area contributed by atoms with Crippen LogP contribution in [0.1, 0.15) is 5.56 Å². The molecule has 3 aromatic carbocycles. The molecule has 0 fully saturated rings. The lowest BCUT2D eigenvalue weighted by molar-refractivity contribution is 0.343. The highest BCUT2D eigenvalue weighted by Crippen LogP contribution is 2.37. The minimum atomic E-state index is -0.0141. The Morgan fingerprint density at radius 1 is 0.857 bits per heavy atom. The van der Waals surface area contributed by atoms with Crippen molar-refractivity contribution in [2.24, 2.45) is 0 Å². The van der Waals surface area contributed by atoms with Crippen molar-refractivity contribution in [2.75, 3.05) is 11.5 Å². The maximum Gasteiger partial charge on any atom is 0.148 e. The molecule has 0 radical (unpaired) electrons. The topological polar surface area (TPSA) is 69.5 Å². The number of rotatable bonds is 5. The summed E-state index contributed by atoms with van der Waals surface area (Å²) < 4.78 is 0. The van der Waals surface area contributed by atoms with Gasteiger partial charge in [0.15, 0.2) is 0 Å². The third kappa shape index (κ3) is 3.56. The fourth-order valence-electron chi connectivity index (χ4n) is 3.10. The van der Waals surface area contributed by atoms with Crippen LogP contribution in [0, 0.1) is 0 Å². The second-order valence-corrected chi connectivity index (χ2v) is 6.25. The van der Waals surface area contributed by atoms with E-state index in [1.807, 2.05) is 71.6 Å². The van der Waals surface area contributed by atoms with Crippen molar-refractivity contribution in [1.29, 1.82) is 0 Å². The average molecular weight is 369 g/mol. The van der Waals surface area contributed by atoms with Crippen molar-refractivity contribution in [3.05, 3.63) is 90.8 Å². The average Bonchev–Trinajstić information content (AvgIpc) is 2.75. The number of fused-ring (bicyclic) bond motifs is 1. The van der Waals surface area contributed by atoms with Gasteiger partial charge in [0.1, 0.15) is 17.9 Å². The Morgan fingerprint density at radius 2 is 1.61 bits per heavy atom. The summed E-state index contributed by atoms with van der Waals surface area (Å²) in [6.45, 7) is -0.0141. The van der Waals surface area contributed by atoms with E-state index in [0.717, 1.165) is 33.7 Å². The standard InChI is InChI=1S/C23H19N3O2/c27-14-4-5-17-8-13-22-21(15-17)23(25-16-24-22)26(18-6-2-1-3-7-18)19-9-11-20(28)12-10-19/h1-13,15-16,27-28H,14H2. The molecule has 138 valence electrons. The van der Waals surface area contributed by atoms with Crippen LogP contribution in [0.2, 0.25) is 0 Å². The summed E-state index contributed by atoms with van der Waals surface area (Å²) >= 11 is 0. The van der Waals surface area contributed by atoms with Gasteiger partial charge in [-0.25, -0.2) is 9.97 Å². The lowest BCUT2D eigenvalue weighted by Gasteiger charge is -2.25. The minimum Gasteiger partial charge on any atom is -0.508 e. The summed E-state index contributed by atoms with van der Waals surface area (Å²) in [5, 5.41) is 19.6. The van der Waals surface area contributed by atoms with Gasteiger partial charge in [-0.3, -0.25) is 4.90 Å². The first-order valence-corrected chi connectivity index (χ1v) is 8.92. The zero-order chi connectivity index (χ0) is 19.3. The summed E-state index contributed by atoms with van der Waals surface area (Å²) in [5.74, 6) is 0.946. The molecule has 0 aliphatic rings. The Hall–Kier alpha value is -3.70. The largest absolute Gasteiger partial charge is 0.508 e. The highest BCUT2D eigenvalue weighted by molar-refractivity contribution is 5.95. The quantitative estimate of drug-likeness (QED) is 0.528. The third-order valence-corrected chi connectivity index (χ3v) is 4.39. The molecule has 0 saturated heterocycles. The van der Waals surface area contributed by atoms with Crippen molar-refractivity contribution in [2.45, 2.75) is 0 Å². The van der Waals surface area contributed by atoms with Crippen molar-refractivity contribution >= 4 is 34.2 Å². The van der Waals surface area contributed by atoms with E-state index in [4.69, 9.17) is 5.11 Å². The number of nitrogens with zero attached hydrogens (tertiary/aromatic N) is 3. The Morgan fingerprint density at radius 3 is 2.36 bits per heavy atom. The first kappa shape index (κ1) is 17.7. The second-order valence-electron chi connectivity index (χ2n) is 6.25. The van der Waals surface area contributed by atoms with E-state index in [1.165, 1.54) is 0 Å². The van der Waals surface area contributed by atoms with Gasteiger partial charge in [-0.05, 0) is 54.1 Å². The number of hydrogen-bond acceptors (Lipinski definition) is 5. The summed E-state index contributed by atoms with van der Waals surface area (Å²) in [4.78, 5) is 11.0. The van der Waals surface area contributed by atoms with Crippen LogP contribution in [0.5, 0.6) is 5.75 Å². The maximum atomic E-state index is 9.70. The van der Waals surface area contributed by atoms with Crippen LogP contribution in [0.15, 0.2) is 85.2 Å². The molecule has 0 aliphatic heterocycles. The van der Waals surface area contributed by atoms with Crippen LogP contribution < -0.4 is 4.90 Å². The first-order valence-electron chi connectivity index (χ1n) is 8.92. The molecule has 0 atom stereocenters. The zero-order valence-corrected chi connectivity index (χ0v) is 15.1. The summed E-state index contributed by atoms with van der Waals surface area (Å²) in [6, 6.07) is 22.9. The van der Waals surface area contributed by atoms with Crippen LogP contribution in [0.3, 0.4) is 0 Å². The fraction of sp³-hybridized carbons (Fsp3) is 0.0435. The maximum absolute atomic E-state index is 9.70. The number of hydrogen-bond donors (Lipinski definition) is 2. The number of aromatic hydroxyl groups is 1. The normalized spacial score (nSPS) is 11.2. The molecule has 28 heavy (non-hydrogen) atoms. The highest BCUT2D eigenvalue weighted by atomic mass is 16.3. The lowest BCUT2D eigenvalue weighted by Crippen LogP contribution is -2.12. The molecular formula is C23H19N3O2. The highest BCUT2D eigenvalue weighted by Gasteiger charge is 2.17. The molecule has 5 heteroatoms. The zero-order valence-electron chi connectivity index (χ0n) is 15.1. The Labute approximate surface area is 162 Å². The number of aromatic nitrogens is 2. The molecule has 5 nitrogen and oxygen atoms in total. The Bertz CT molecular complexity index is 1110. The summed E-state index contributed by atoms with van der Waals surface area (Å²) in [7, 11) is 0. The number of anilines is 3. The molecule has 0 bridgehead atoms. The van der Waals surface area contributed by atoms with Crippen molar-refractivity contribution < 1.29 is 10.2 Å². The Kier molecular flexibility index (Phi) is 4.99. The van der Waals surface area contributed by atoms with E-state index < -0.39 is 0 Å². The van der Waals surface area contributed by atoms with Gasteiger partial charge in [-0.2, -0.15) is 0 Å². The molecule has 4 rings (SSSR count). The number of phenols is 1. The van der Waals surface area contributed by atoms with E-state index in [2.05, 4.69) is 9.97 Å². The van der Waals surface area contributed by atoms with Crippen LogP contribution in [0.4, 0.5) is 17.2 Å². The monoisotopic (exact) mass is 369 g/mol. The molecule has 0 aliphatic carbocycles. The number of aliphatic hydroxyl groups is 1. The molecule has 2 N–H and O–H groups in total. The van der Waals surface area contributed by atoms with Crippen LogP contribution in [-0.2, 0) is 0 Å². The molecule has 0 unspecified atom stereocenters. The molecular weight excluding hydrogens is 350 g/mol. The molecule has 0 saturated carbocycles. The smallest absolute Gasteiger partial charge is 0.148 e. The van der Waals surface area contributed by atoms with Gasteiger partial charge in [0.05, 0.1) is 12.1 Å². The summed E-state index contributed by atoms with van der Waals surface area (Å²) in [5.41, 5.74) is 3.60. The predicted molar refractivity (Wildman–Crippen MR) is 112 cm³/mol. The molecule has 1 heterocycles. The number of aliphatic hydroxyl groups excluding tert-OH is 1. The van der Waals surface area contributed by atoms with Gasteiger partial charge >= 0.3 is 0 Å². The SMILES string of the molecule is OCC=Cc1ccc2ncnc(N(c3ccccc3)c3ccc(O)cc3)c2c1. The second kappa shape index (κ2) is 7.90. The van der Waals surface area contributed by atoms with E-state index in [9.17, 15) is 5.11 Å². The lowest BCUT2D eigenvalue weighted by atomic mass is 10.1. The van der Waals surface area contributed by atoms with Gasteiger partial charge < -0.3 is 10.2 Å². The Balaban J connectivity index is 1.94. The van der Waals surface area contributed by atoms with Crippen molar-refractivity contribution in [3.8, 4) is 5.75 Å². The van der Waals surface area contributed by atoms with Crippen molar-refractivity contribution in [3.63, 3.8) is 0 Å². The van der Waals surface area contributed by atoms with Gasteiger partial charge in [0, 0.05) is 16.8 Å². The van der Waals surface area contributed by atoms with Crippen LogP contribution >= 0.6 is 0 Å². The fourth-order valence-corrected chi connectivity index (χ4v) is 3.10. The van der Waals surface area contributed by atoms with E-state index in [0.29, 0.717) is 0 Å². The van der Waals surface area contributed by atoms with Gasteiger partial charge in [0.2, 0.25) is 0 Å². The first-order chi connectivity index (χ1) is 13.8. The minimum absolute atomic E-state index is 0.0141. The van der Waals surface area contributed by atoms with Gasteiger partial charge in [0.25, 0.3) is 0 Å². The van der Waals surface area contributed by atoms with E-state index in [-0.39, 0.29) is 12.4 Å². The van der Waals surface area contributed by atoms with Crippen LogP contribution in [0.25, 0.3) is 17.0 Å². The van der Waals surface area contributed by atoms with Gasteiger partial charge in [-0.1, -0.05) is 36.4 Å². The van der Waals surface area contributed by atoms with E-state index in [1.54, 1.807) is 24.5 Å². The number of phenolic OH excluding ortho intramolecular Hbond substituents is 1. The number of benzene rings is 3. The molecule has 4 aromatic rings. The molecule has 0 spiro atoms. The van der Waals surface area contributed by atoms with Crippen molar-refractivity contribution in [1.82, 2.24) is 9.97 Å². The summed E-state index contributed by atoms with van der Waals surface area (Å²) in [6.07, 6.45) is 5.11. The number of para-hydroxylation sites is 1. The third-order valence-electron chi connectivity index (χ3n) is 4.39. The van der Waals surface area contributed by atoms with E-state index >= 15 is 0 Å². The molecule has 0 amide bonds. The van der Waals surface area contributed by atoms with Crippen LogP contribution in [-0.4, -0.2) is 26.8 Å². The predicted octanol–water partition coefficient (Wildman–Crippen LogP) is 4.81. The van der Waals surface area contributed by atoms with Gasteiger partial charge in [-0.15, -0.1) is 0 Å².